The lowest BCUT2D eigenvalue weighted by Gasteiger charge is -2.11. The fourth-order valence-corrected chi connectivity index (χ4v) is 2.85. The average Bonchev–Trinajstić information content (AvgIpc) is 2.81. The van der Waals surface area contributed by atoms with E-state index in [1.54, 1.807) is 6.20 Å². The molecule has 0 saturated carbocycles. The van der Waals surface area contributed by atoms with Crippen molar-refractivity contribution in [3.05, 3.63) is 82.9 Å². The number of pyridine rings is 1. The molecule has 5 nitrogen and oxygen atoms in total. The predicted molar refractivity (Wildman–Crippen MR) is 117 cm³/mol. The van der Waals surface area contributed by atoms with Crippen LogP contribution in [-0.4, -0.2) is 21.9 Å². The molecule has 0 atom stereocenters. The molecule has 4 rings (SSSR count). The minimum Gasteiger partial charge on any atom is -0.326 e. The molecule has 0 aliphatic carbocycles. The molecule has 7 heteroatoms. The molecule has 0 saturated heterocycles. The number of hydrogen-bond acceptors (Lipinski definition) is 4. The van der Waals surface area contributed by atoms with E-state index in [0.717, 1.165) is 33.3 Å². The van der Waals surface area contributed by atoms with Crippen LogP contribution in [0.1, 0.15) is 19.4 Å². The summed E-state index contributed by atoms with van der Waals surface area (Å²) in [7, 11) is 0. The first kappa shape index (κ1) is 22.8. The van der Waals surface area contributed by atoms with Crippen molar-refractivity contribution in [2.45, 2.75) is 20.4 Å². The highest BCUT2D eigenvalue weighted by Gasteiger charge is 2.12. The van der Waals surface area contributed by atoms with Crippen LogP contribution in [0.5, 0.6) is 0 Å². The number of halogens is 2. The minimum absolute atomic E-state index is 0.406. The largest absolute Gasteiger partial charge is 0.346 e. The lowest BCUT2D eigenvalue weighted by molar-refractivity contribution is 0.295. The molecule has 0 fully saturated rings. The molecule has 2 heterocycles. The first-order valence-corrected chi connectivity index (χ1v) is 9.53. The summed E-state index contributed by atoms with van der Waals surface area (Å²) in [5.41, 5.74) is 10.7. The Morgan fingerprint density at radius 3 is 2.20 bits per heavy atom. The minimum atomic E-state index is -1.75. The fraction of sp³-hybridized carbons (Fsp3) is 0.174. The summed E-state index contributed by atoms with van der Waals surface area (Å²) in [6.45, 7) is 2.75. The molecule has 0 spiro atoms. The molecule has 0 aliphatic rings. The van der Waals surface area contributed by atoms with Crippen molar-refractivity contribution in [1.29, 1.82) is 0 Å². The molecule has 3 N–H and O–H groups in total. The summed E-state index contributed by atoms with van der Waals surface area (Å²) >= 11 is 0. The van der Waals surface area contributed by atoms with Crippen LogP contribution in [-0.2, 0) is 6.54 Å². The number of aromatic nitrogens is 3. The van der Waals surface area contributed by atoms with Crippen LogP contribution in [0.3, 0.4) is 0 Å². The van der Waals surface area contributed by atoms with Crippen molar-refractivity contribution >= 4 is 11.0 Å². The molecule has 2 aromatic heterocycles. The van der Waals surface area contributed by atoms with Gasteiger partial charge in [0.05, 0.1) is 5.69 Å². The van der Waals surface area contributed by atoms with Crippen molar-refractivity contribution in [2.24, 2.45) is 5.73 Å². The van der Waals surface area contributed by atoms with Crippen molar-refractivity contribution in [3.8, 4) is 22.4 Å². The number of aromatic amines is 1. The molecule has 0 aliphatic heterocycles. The van der Waals surface area contributed by atoms with Crippen LogP contribution >= 0.6 is 0 Å². The lowest BCUT2D eigenvalue weighted by Crippen LogP contribution is -2.09. The Labute approximate surface area is 173 Å². The summed E-state index contributed by atoms with van der Waals surface area (Å²) in [5.74, 6) is 0. The van der Waals surface area contributed by atoms with Gasteiger partial charge < -0.3 is 5.73 Å². The van der Waals surface area contributed by atoms with Gasteiger partial charge in [0.2, 0.25) is 6.93 Å². The SMILES string of the molecule is CC.FCF.NCc1ccc(-c2nc3[nH]c(=O)ncc3cc2-c2ccccc2)cc1. The van der Waals surface area contributed by atoms with Gasteiger partial charge in [-0.1, -0.05) is 68.4 Å². The maximum atomic E-state index is 11.5. The Morgan fingerprint density at radius 2 is 1.60 bits per heavy atom. The zero-order chi connectivity index (χ0) is 21.9. The summed E-state index contributed by atoms with van der Waals surface area (Å²) in [5, 5.41) is 0.792. The first-order valence-electron chi connectivity index (χ1n) is 9.53. The Kier molecular flexibility index (Phi) is 8.77. The van der Waals surface area contributed by atoms with Crippen LogP contribution in [0.4, 0.5) is 8.78 Å². The van der Waals surface area contributed by atoms with E-state index in [1.165, 1.54) is 0 Å². The van der Waals surface area contributed by atoms with Crippen molar-refractivity contribution < 1.29 is 8.78 Å². The van der Waals surface area contributed by atoms with Crippen LogP contribution in [0.15, 0.2) is 71.7 Å². The van der Waals surface area contributed by atoms with Crippen molar-refractivity contribution in [1.82, 2.24) is 15.0 Å². The highest BCUT2D eigenvalue weighted by molar-refractivity contribution is 5.89. The number of benzene rings is 2. The zero-order valence-corrected chi connectivity index (χ0v) is 16.9. The molecule has 4 aromatic rings. The van der Waals surface area contributed by atoms with Crippen LogP contribution in [0.2, 0.25) is 0 Å². The maximum absolute atomic E-state index is 11.5. The van der Waals surface area contributed by atoms with E-state index in [9.17, 15) is 13.6 Å². The lowest BCUT2D eigenvalue weighted by atomic mass is 9.98. The van der Waals surface area contributed by atoms with Crippen LogP contribution < -0.4 is 11.4 Å². The molecule has 0 bridgehead atoms. The second-order valence-electron chi connectivity index (χ2n) is 5.88. The monoisotopic (exact) mass is 410 g/mol. The van der Waals surface area contributed by atoms with Gasteiger partial charge in [-0.25, -0.2) is 23.5 Å². The zero-order valence-electron chi connectivity index (χ0n) is 16.9. The van der Waals surface area contributed by atoms with Crippen molar-refractivity contribution in [2.75, 3.05) is 6.93 Å². The van der Waals surface area contributed by atoms with E-state index in [2.05, 4.69) is 9.97 Å². The maximum Gasteiger partial charge on any atom is 0.346 e. The summed E-state index contributed by atoms with van der Waals surface area (Å²) in [4.78, 5) is 22.8. The number of hydrogen-bond donors (Lipinski definition) is 2. The van der Waals surface area contributed by atoms with Gasteiger partial charge in [0.15, 0.2) is 0 Å². The van der Waals surface area contributed by atoms with Gasteiger partial charge >= 0.3 is 5.69 Å². The third-order valence-corrected chi connectivity index (χ3v) is 4.15. The number of nitrogens with one attached hydrogen (secondary N) is 1. The topological polar surface area (TPSA) is 84.7 Å². The van der Waals surface area contributed by atoms with Gasteiger partial charge in [-0.2, -0.15) is 0 Å². The van der Waals surface area contributed by atoms with E-state index >= 15 is 0 Å². The summed E-state index contributed by atoms with van der Waals surface area (Å²) in [6, 6.07) is 20.0. The van der Waals surface area contributed by atoms with E-state index in [0.29, 0.717) is 12.2 Å². The normalized spacial score (nSPS) is 9.90. The molecular formula is C23H24F2N4O. The predicted octanol–water partition coefficient (Wildman–Crippen LogP) is 5.02. The van der Waals surface area contributed by atoms with E-state index in [4.69, 9.17) is 10.7 Å². The van der Waals surface area contributed by atoms with Crippen LogP contribution in [0, 0.1) is 0 Å². The number of alkyl halides is 2. The van der Waals surface area contributed by atoms with Gasteiger partial charge in [-0.05, 0) is 17.2 Å². The highest BCUT2D eigenvalue weighted by atomic mass is 19.3. The van der Waals surface area contributed by atoms with Gasteiger partial charge in [-0.3, -0.25) is 4.98 Å². The average molecular weight is 410 g/mol. The van der Waals surface area contributed by atoms with E-state index in [1.807, 2.05) is 74.5 Å². The van der Waals surface area contributed by atoms with Gasteiger partial charge in [0.1, 0.15) is 5.65 Å². The standard InChI is InChI=1S/C20H16N4O.C2H6.CH2F2/c21-11-13-6-8-15(9-7-13)18-17(14-4-2-1-3-5-14)10-16-12-22-20(25)24-19(16)23-18;1-2;2-1-3/h1-10,12H,11,21H2,(H,22,23,24,25);1-2H3;1H2. The van der Waals surface area contributed by atoms with Gasteiger partial charge in [0.25, 0.3) is 0 Å². The number of H-pyrrole nitrogens is 1. The Bertz CT molecular complexity index is 1110. The van der Waals surface area contributed by atoms with Gasteiger partial charge in [-0.15, -0.1) is 0 Å². The molecule has 30 heavy (non-hydrogen) atoms. The van der Waals surface area contributed by atoms with Gasteiger partial charge in [0, 0.05) is 29.3 Å². The molecular weight excluding hydrogens is 386 g/mol. The number of nitrogens with zero attached hydrogens (tertiary/aromatic N) is 2. The second kappa shape index (κ2) is 11.5. The molecule has 2 aromatic carbocycles. The molecule has 0 unspecified atom stereocenters. The summed E-state index contributed by atoms with van der Waals surface area (Å²) < 4.78 is 19.2. The number of fused-ring (bicyclic) bond motifs is 1. The number of nitrogens with two attached hydrogens (primary N) is 1. The van der Waals surface area contributed by atoms with E-state index < -0.39 is 12.6 Å². The third-order valence-electron chi connectivity index (χ3n) is 4.15. The molecule has 0 radical (unpaired) electrons. The Balaban J connectivity index is 0.000000590. The molecule has 156 valence electrons. The number of rotatable bonds is 3. The second-order valence-corrected chi connectivity index (χ2v) is 5.88. The Hall–Kier alpha value is -3.45. The summed E-state index contributed by atoms with van der Waals surface area (Å²) in [6.07, 6.45) is 1.55. The smallest absolute Gasteiger partial charge is 0.326 e. The quantitative estimate of drug-likeness (QED) is 0.497. The highest BCUT2D eigenvalue weighted by Crippen LogP contribution is 2.32. The third kappa shape index (κ3) is 5.55. The van der Waals surface area contributed by atoms with Crippen molar-refractivity contribution in [3.63, 3.8) is 0 Å². The first-order chi connectivity index (χ1) is 14.7. The molecule has 0 amide bonds. The van der Waals surface area contributed by atoms with Crippen LogP contribution in [0.25, 0.3) is 33.4 Å². The fourth-order valence-electron chi connectivity index (χ4n) is 2.85. The Morgan fingerprint density at radius 1 is 0.967 bits per heavy atom. The van der Waals surface area contributed by atoms with E-state index in [-0.39, 0.29) is 0 Å².